The van der Waals surface area contributed by atoms with Crippen LogP contribution in [0.5, 0.6) is 0 Å². The minimum absolute atomic E-state index is 0.0464. The van der Waals surface area contributed by atoms with Gasteiger partial charge in [0.25, 0.3) is 0 Å². The summed E-state index contributed by atoms with van der Waals surface area (Å²) in [7, 11) is 0. The predicted octanol–water partition coefficient (Wildman–Crippen LogP) is 4.31. The Morgan fingerprint density at radius 3 is 2.29 bits per heavy atom. The number of allylic oxidation sites excluding steroid dienone is 1. The van der Waals surface area contributed by atoms with Gasteiger partial charge in [0.15, 0.2) is 5.78 Å². The van der Waals surface area contributed by atoms with Crippen LogP contribution >= 0.6 is 11.3 Å². The van der Waals surface area contributed by atoms with E-state index in [0.29, 0.717) is 4.88 Å². The molecule has 3 rings (SSSR count). The van der Waals surface area contributed by atoms with Gasteiger partial charge in [-0.25, -0.2) is 4.98 Å². The molecule has 5 heteroatoms. The molecule has 0 saturated heterocycles. The van der Waals surface area contributed by atoms with E-state index in [0.717, 1.165) is 21.8 Å². The van der Waals surface area contributed by atoms with Crippen LogP contribution in [0.25, 0.3) is 18.2 Å². The number of thiazole rings is 1. The van der Waals surface area contributed by atoms with Crippen LogP contribution in [-0.4, -0.2) is 20.7 Å². The molecule has 0 bridgehead atoms. The van der Waals surface area contributed by atoms with E-state index in [1.165, 1.54) is 11.3 Å². The Balaban J connectivity index is 1.75. The van der Waals surface area contributed by atoms with Crippen molar-refractivity contribution in [2.75, 3.05) is 0 Å². The van der Waals surface area contributed by atoms with E-state index in [9.17, 15) is 4.79 Å². The minimum Gasteiger partial charge on any atom is -0.288 e. The molecule has 0 aromatic carbocycles. The van der Waals surface area contributed by atoms with Gasteiger partial charge in [0, 0.05) is 24.8 Å². The summed E-state index contributed by atoms with van der Waals surface area (Å²) >= 11 is 1.39. The van der Waals surface area contributed by atoms with Crippen molar-refractivity contribution in [2.24, 2.45) is 0 Å². The lowest BCUT2D eigenvalue weighted by Crippen LogP contribution is -1.93. The molecule has 118 valence electrons. The summed E-state index contributed by atoms with van der Waals surface area (Å²) in [4.78, 5) is 25.5. The lowest BCUT2D eigenvalue weighted by molar-refractivity contribution is 0.105. The highest BCUT2D eigenvalue weighted by Gasteiger charge is 2.11. The molecule has 0 fully saturated rings. The molecule has 0 atom stereocenters. The number of nitrogens with zero attached hydrogens (tertiary/aromatic N) is 3. The predicted molar refractivity (Wildman–Crippen MR) is 97.6 cm³/mol. The molecule has 4 nitrogen and oxygen atoms in total. The Morgan fingerprint density at radius 2 is 1.67 bits per heavy atom. The standard InChI is InChI=1S/C19H15N3OS/c1-14-19(17(23)8-6-15-4-2-10-20-12-15)24-18(22-14)9-7-16-5-3-11-21-13-16/h2-13H,1H3/b8-6-,9-7+. The van der Waals surface area contributed by atoms with Crippen molar-refractivity contribution >= 4 is 35.3 Å². The molecule has 0 unspecified atom stereocenters. The Kier molecular flexibility index (Phi) is 5.03. The molecule has 24 heavy (non-hydrogen) atoms. The normalized spacial score (nSPS) is 11.4. The molecule has 0 N–H and O–H groups in total. The van der Waals surface area contributed by atoms with Crippen LogP contribution in [0.4, 0.5) is 0 Å². The van der Waals surface area contributed by atoms with Gasteiger partial charge in [-0.3, -0.25) is 14.8 Å². The first-order valence-corrected chi connectivity index (χ1v) is 8.22. The molecule has 0 saturated carbocycles. The Labute approximate surface area is 144 Å². The number of pyridine rings is 2. The molecule has 0 aliphatic heterocycles. The van der Waals surface area contributed by atoms with E-state index in [2.05, 4.69) is 15.0 Å². The number of hydrogen-bond acceptors (Lipinski definition) is 5. The van der Waals surface area contributed by atoms with Crippen molar-refractivity contribution in [3.05, 3.63) is 81.8 Å². The summed E-state index contributed by atoms with van der Waals surface area (Å²) in [6.45, 7) is 1.85. The van der Waals surface area contributed by atoms with Crippen LogP contribution < -0.4 is 0 Å². The summed E-state index contributed by atoms with van der Waals surface area (Å²) < 4.78 is 0. The molecule has 0 spiro atoms. The van der Waals surface area contributed by atoms with Crippen molar-refractivity contribution < 1.29 is 4.79 Å². The van der Waals surface area contributed by atoms with Crippen LogP contribution in [-0.2, 0) is 0 Å². The fourth-order valence-electron chi connectivity index (χ4n) is 2.08. The van der Waals surface area contributed by atoms with Crippen molar-refractivity contribution in [1.82, 2.24) is 15.0 Å². The molecular weight excluding hydrogens is 318 g/mol. The fraction of sp³-hybridized carbons (Fsp3) is 0.0526. The van der Waals surface area contributed by atoms with Crippen LogP contribution in [0.1, 0.15) is 31.5 Å². The van der Waals surface area contributed by atoms with Crippen LogP contribution in [0.15, 0.2) is 55.1 Å². The molecule has 3 heterocycles. The highest BCUT2D eigenvalue weighted by atomic mass is 32.1. The number of carbonyl (C=O) groups is 1. The Morgan fingerprint density at radius 1 is 1.00 bits per heavy atom. The minimum atomic E-state index is -0.0464. The van der Waals surface area contributed by atoms with E-state index in [1.54, 1.807) is 36.9 Å². The second-order valence-corrected chi connectivity index (χ2v) is 6.10. The first-order chi connectivity index (χ1) is 11.7. The summed E-state index contributed by atoms with van der Waals surface area (Å²) in [6.07, 6.45) is 14.1. The zero-order valence-corrected chi connectivity index (χ0v) is 13.9. The monoisotopic (exact) mass is 333 g/mol. The maximum atomic E-state index is 12.4. The third-order valence-corrected chi connectivity index (χ3v) is 4.39. The molecule has 3 aromatic heterocycles. The second kappa shape index (κ2) is 7.57. The molecule has 0 aliphatic rings. The first-order valence-electron chi connectivity index (χ1n) is 7.40. The van der Waals surface area contributed by atoms with E-state index < -0.39 is 0 Å². The maximum absolute atomic E-state index is 12.4. The summed E-state index contributed by atoms with van der Waals surface area (Å²) in [5.74, 6) is -0.0464. The quantitative estimate of drug-likeness (QED) is 0.516. The Hall–Kier alpha value is -2.92. The SMILES string of the molecule is Cc1nc(/C=C/c2cccnc2)sc1C(=O)/C=C\c1cccnc1. The van der Waals surface area contributed by atoms with E-state index in [4.69, 9.17) is 0 Å². The molecule has 0 radical (unpaired) electrons. The Bertz CT molecular complexity index is 883. The van der Waals surface area contributed by atoms with Gasteiger partial charge in [-0.15, -0.1) is 11.3 Å². The van der Waals surface area contributed by atoms with Crippen LogP contribution in [0, 0.1) is 6.92 Å². The lowest BCUT2D eigenvalue weighted by atomic mass is 10.2. The number of hydrogen-bond donors (Lipinski definition) is 0. The molecule has 0 amide bonds. The number of ketones is 1. The maximum Gasteiger partial charge on any atom is 0.197 e. The number of rotatable bonds is 5. The molecule has 0 aliphatic carbocycles. The van der Waals surface area contributed by atoms with Crippen molar-refractivity contribution in [2.45, 2.75) is 6.92 Å². The van der Waals surface area contributed by atoms with E-state index in [1.807, 2.05) is 43.3 Å². The zero-order chi connectivity index (χ0) is 16.8. The lowest BCUT2D eigenvalue weighted by Gasteiger charge is -1.92. The topological polar surface area (TPSA) is 55.7 Å². The third-order valence-electron chi connectivity index (χ3n) is 3.25. The fourth-order valence-corrected chi connectivity index (χ4v) is 2.97. The second-order valence-electron chi connectivity index (χ2n) is 5.07. The van der Waals surface area contributed by atoms with Crippen molar-refractivity contribution in [3.8, 4) is 0 Å². The van der Waals surface area contributed by atoms with Gasteiger partial charge < -0.3 is 0 Å². The van der Waals surface area contributed by atoms with Gasteiger partial charge in [0.2, 0.25) is 0 Å². The van der Waals surface area contributed by atoms with E-state index in [-0.39, 0.29) is 5.78 Å². The number of aromatic nitrogens is 3. The molecular formula is C19H15N3OS. The van der Waals surface area contributed by atoms with E-state index >= 15 is 0 Å². The van der Waals surface area contributed by atoms with Crippen molar-refractivity contribution in [1.29, 1.82) is 0 Å². The highest BCUT2D eigenvalue weighted by Crippen LogP contribution is 2.21. The first kappa shape index (κ1) is 16.0. The summed E-state index contributed by atoms with van der Waals surface area (Å²) in [6, 6.07) is 7.58. The van der Waals surface area contributed by atoms with Gasteiger partial charge in [0.05, 0.1) is 10.6 Å². The average molecular weight is 333 g/mol. The zero-order valence-electron chi connectivity index (χ0n) is 13.1. The smallest absolute Gasteiger partial charge is 0.197 e. The molecule has 3 aromatic rings. The van der Waals surface area contributed by atoms with Crippen molar-refractivity contribution in [3.63, 3.8) is 0 Å². The average Bonchev–Trinajstić information content (AvgIpc) is 3.00. The van der Waals surface area contributed by atoms with Gasteiger partial charge in [-0.1, -0.05) is 18.2 Å². The van der Waals surface area contributed by atoms with Gasteiger partial charge in [0.1, 0.15) is 5.01 Å². The van der Waals surface area contributed by atoms with Gasteiger partial charge in [-0.2, -0.15) is 0 Å². The number of carbonyl (C=O) groups excluding carboxylic acids is 1. The van der Waals surface area contributed by atoms with Crippen LogP contribution in [0.3, 0.4) is 0 Å². The van der Waals surface area contributed by atoms with Gasteiger partial charge in [-0.05, 0) is 48.4 Å². The summed E-state index contributed by atoms with van der Waals surface area (Å²) in [5.41, 5.74) is 2.63. The largest absolute Gasteiger partial charge is 0.288 e. The third kappa shape index (κ3) is 4.08. The number of aryl methyl sites for hydroxylation is 1. The van der Waals surface area contributed by atoms with Crippen LogP contribution in [0.2, 0.25) is 0 Å². The van der Waals surface area contributed by atoms with Gasteiger partial charge >= 0.3 is 0 Å². The highest BCUT2D eigenvalue weighted by molar-refractivity contribution is 7.14. The summed E-state index contributed by atoms with van der Waals surface area (Å²) in [5, 5.41) is 0.800.